The van der Waals surface area contributed by atoms with Crippen molar-refractivity contribution in [3.05, 3.63) is 47.9 Å². The van der Waals surface area contributed by atoms with Crippen molar-refractivity contribution in [3.8, 4) is 11.3 Å². The molecular formula is C19H19N5O. The Morgan fingerprint density at radius 1 is 1.20 bits per heavy atom. The van der Waals surface area contributed by atoms with Gasteiger partial charge in [0.25, 0.3) is 5.91 Å². The number of amides is 1. The Morgan fingerprint density at radius 2 is 2.08 bits per heavy atom. The van der Waals surface area contributed by atoms with E-state index in [9.17, 15) is 4.79 Å². The molecule has 0 radical (unpaired) electrons. The predicted molar refractivity (Wildman–Crippen MR) is 95.5 cm³/mol. The molecule has 6 heteroatoms. The van der Waals surface area contributed by atoms with E-state index in [1.807, 2.05) is 24.5 Å². The van der Waals surface area contributed by atoms with Gasteiger partial charge in [-0.1, -0.05) is 18.9 Å². The number of hydrogen-bond donors (Lipinski definition) is 2. The quantitative estimate of drug-likeness (QED) is 0.773. The van der Waals surface area contributed by atoms with E-state index in [1.165, 1.54) is 25.7 Å². The summed E-state index contributed by atoms with van der Waals surface area (Å²) in [7, 11) is 0. The third-order valence-electron chi connectivity index (χ3n) is 5.21. The molecule has 1 aliphatic heterocycles. The standard InChI is InChI=1S/C19H19N5O/c25-19-15-6-5-12(9-13(15)10-22-19)16-11-21-17(18-20-7-8-24(16)18)23-14-3-1-2-4-14/h5-9,11,14H,1-4,10H2,(H,21,23)(H,22,25). The Labute approximate surface area is 145 Å². The number of nitrogens with zero attached hydrogens (tertiary/aromatic N) is 3. The van der Waals surface area contributed by atoms with Gasteiger partial charge in [-0.3, -0.25) is 9.20 Å². The molecule has 1 saturated carbocycles. The Hall–Kier alpha value is -2.89. The molecule has 5 rings (SSSR count). The van der Waals surface area contributed by atoms with Crippen molar-refractivity contribution in [3.63, 3.8) is 0 Å². The van der Waals surface area contributed by atoms with E-state index in [2.05, 4.69) is 31.1 Å². The normalized spacial score (nSPS) is 17.0. The summed E-state index contributed by atoms with van der Waals surface area (Å²) in [5, 5.41) is 6.41. The highest BCUT2D eigenvalue weighted by Crippen LogP contribution is 2.28. The molecule has 1 aromatic carbocycles. The number of nitrogens with one attached hydrogen (secondary N) is 2. The average Bonchev–Trinajstić information content (AvgIpc) is 3.36. The highest BCUT2D eigenvalue weighted by Gasteiger charge is 2.21. The van der Waals surface area contributed by atoms with E-state index in [1.54, 1.807) is 6.20 Å². The number of aromatic nitrogens is 3. The fraction of sp³-hybridized carbons (Fsp3) is 0.316. The molecule has 126 valence electrons. The Balaban J connectivity index is 1.56. The summed E-state index contributed by atoms with van der Waals surface area (Å²) in [5.41, 5.74) is 4.66. The zero-order chi connectivity index (χ0) is 16.8. The van der Waals surface area contributed by atoms with Crippen LogP contribution in [0.25, 0.3) is 16.9 Å². The van der Waals surface area contributed by atoms with Gasteiger partial charge >= 0.3 is 0 Å². The first-order valence-electron chi connectivity index (χ1n) is 8.80. The minimum Gasteiger partial charge on any atom is -0.364 e. The molecule has 1 fully saturated rings. The molecule has 3 heterocycles. The highest BCUT2D eigenvalue weighted by molar-refractivity contribution is 5.98. The summed E-state index contributed by atoms with van der Waals surface area (Å²) >= 11 is 0. The molecule has 0 atom stereocenters. The van der Waals surface area contributed by atoms with Crippen molar-refractivity contribution in [2.75, 3.05) is 5.32 Å². The first-order valence-corrected chi connectivity index (χ1v) is 8.80. The van der Waals surface area contributed by atoms with Crippen molar-refractivity contribution in [1.29, 1.82) is 0 Å². The Bertz CT molecular complexity index is 971. The number of hydrogen-bond acceptors (Lipinski definition) is 4. The fourth-order valence-electron chi connectivity index (χ4n) is 3.89. The lowest BCUT2D eigenvalue weighted by Gasteiger charge is -2.15. The van der Waals surface area contributed by atoms with E-state index < -0.39 is 0 Å². The van der Waals surface area contributed by atoms with Crippen molar-refractivity contribution >= 4 is 17.4 Å². The third-order valence-corrected chi connectivity index (χ3v) is 5.21. The molecular weight excluding hydrogens is 314 g/mol. The summed E-state index contributed by atoms with van der Waals surface area (Å²) < 4.78 is 2.07. The SMILES string of the molecule is O=C1NCc2cc(-c3cnc(NC4CCCC4)c4nccn34)ccc21. The van der Waals surface area contributed by atoms with E-state index in [4.69, 9.17) is 0 Å². The van der Waals surface area contributed by atoms with Gasteiger partial charge in [-0.25, -0.2) is 9.97 Å². The molecule has 0 spiro atoms. The lowest BCUT2D eigenvalue weighted by atomic mass is 10.0. The number of benzene rings is 1. The van der Waals surface area contributed by atoms with Gasteiger partial charge in [-0.2, -0.15) is 0 Å². The van der Waals surface area contributed by atoms with Crippen LogP contribution < -0.4 is 10.6 Å². The van der Waals surface area contributed by atoms with E-state index in [0.29, 0.717) is 12.6 Å². The van der Waals surface area contributed by atoms with Crippen LogP contribution in [-0.4, -0.2) is 26.3 Å². The summed E-state index contributed by atoms with van der Waals surface area (Å²) in [5.74, 6) is 0.849. The predicted octanol–water partition coefficient (Wildman–Crippen LogP) is 2.99. The number of carbonyl (C=O) groups is 1. The zero-order valence-electron chi connectivity index (χ0n) is 13.8. The zero-order valence-corrected chi connectivity index (χ0v) is 13.8. The lowest BCUT2D eigenvalue weighted by Crippen LogP contribution is -2.16. The van der Waals surface area contributed by atoms with Crippen molar-refractivity contribution < 1.29 is 4.79 Å². The van der Waals surface area contributed by atoms with Crippen LogP contribution >= 0.6 is 0 Å². The lowest BCUT2D eigenvalue weighted by molar-refractivity contribution is 0.0966. The van der Waals surface area contributed by atoms with Crippen LogP contribution in [0.3, 0.4) is 0 Å². The maximum atomic E-state index is 11.7. The second kappa shape index (κ2) is 5.58. The van der Waals surface area contributed by atoms with Gasteiger partial charge in [0, 0.05) is 36.1 Å². The van der Waals surface area contributed by atoms with Crippen LogP contribution in [0.5, 0.6) is 0 Å². The monoisotopic (exact) mass is 333 g/mol. The summed E-state index contributed by atoms with van der Waals surface area (Å²) in [6.45, 7) is 0.587. The van der Waals surface area contributed by atoms with Crippen LogP contribution in [0, 0.1) is 0 Å². The molecule has 0 bridgehead atoms. The van der Waals surface area contributed by atoms with Gasteiger partial charge in [-0.15, -0.1) is 0 Å². The van der Waals surface area contributed by atoms with E-state index >= 15 is 0 Å². The van der Waals surface area contributed by atoms with Crippen molar-refractivity contribution in [2.24, 2.45) is 0 Å². The van der Waals surface area contributed by atoms with Gasteiger partial charge < -0.3 is 10.6 Å². The maximum Gasteiger partial charge on any atom is 0.251 e. The number of anilines is 1. The van der Waals surface area contributed by atoms with Crippen LogP contribution in [0.1, 0.15) is 41.6 Å². The van der Waals surface area contributed by atoms with Crippen LogP contribution in [0.2, 0.25) is 0 Å². The van der Waals surface area contributed by atoms with Gasteiger partial charge in [-0.05, 0) is 30.5 Å². The van der Waals surface area contributed by atoms with Gasteiger partial charge in [0.05, 0.1) is 11.9 Å². The minimum atomic E-state index is 0.00330. The smallest absolute Gasteiger partial charge is 0.251 e. The van der Waals surface area contributed by atoms with Gasteiger partial charge in [0.2, 0.25) is 0 Å². The average molecular weight is 333 g/mol. The summed E-state index contributed by atoms with van der Waals surface area (Å²) in [6.07, 6.45) is 10.6. The topological polar surface area (TPSA) is 71.3 Å². The fourth-order valence-corrected chi connectivity index (χ4v) is 3.89. The number of rotatable bonds is 3. The molecule has 1 aliphatic carbocycles. The first-order chi connectivity index (χ1) is 12.3. The number of fused-ring (bicyclic) bond motifs is 2. The molecule has 6 nitrogen and oxygen atoms in total. The van der Waals surface area contributed by atoms with E-state index in [0.717, 1.165) is 33.8 Å². The maximum absolute atomic E-state index is 11.7. The van der Waals surface area contributed by atoms with Crippen LogP contribution in [0.15, 0.2) is 36.8 Å². The van der Waals surface area contributed by atoms with Crippen LogP contribution in [0.4, 0.5) is 5.82 Å². The number of imidazole rings is 1. The summed E-state index contributed by atoms with van der Waals surface area (Å²) in [4.78, 5) is 20.9. The summed E-state index contributed by atoms with van der Waals surface area (Å²) in [6, 6.07) is 6.43. The van der Waals surface area contributed by atoms with Crippen molar-refractivity contribution in [2.45, 2.75) is 38.3 Å². The van der Waals surface area contributed by atoms with Gasteiger partial charge in [0.15, 0.2) is 11.5 Å². The third kappa shape index (κ3) is 2.36. The Kier molecular flexibility index (Phi) is 3.23. The van der Waals surface area contributed by atoms with Gasteiger partial charge in [0.1, 0.15) is 0 Å². The highest BCUT2D eigenvalue weighted by atomic mass is 16.1. The molecule has 25 heavy (non-hydrogen) atoms. The molecule has 2 aromatic heterocycles. The first kappa shape index (κ1) is 14.5. The largest absolute Gasteiger partial charge is 0.364 e. The molecule has 0 saturated heterocycles. The second-order valence-electron chi connectivity index (χ2n) is 6.79. The number of carbonyl (C=O) groups excluding carboxylic acids is 1. The van der Waals surface area contributed by atoms with Crippen molar-refractivity contribution in [1.82, 2.24) is 19.7 Å². The van der Waals surface area contributed by atoms with Crippen LogP contribution in [-0.2, 0) is 6.54 Å². The molecule has 3 aromatic rings. The molecule has 1 amide bonds. The van der Waals surface area contributed by atoms with E-state index in [-0.39, 0.29) is 5.91 Å². The second-order valence-corrected chi connectivity index (χ2v) is 6.79. The molecule has 2 aliphatic rings. The molecule has 2 N–H and O–H groups in total. The minimum absolute atomic E-state index is 0.00330. The Morgan fingerprint density at radius 3 is 2.96 bits per heavy atom. The molecule has 0 unspecified atom stereocenters.